The van der Waals surface area contributed by atoms with Gasteiger partial charge in [0.15, 0.2) is 5.75 Å². The summed E-state index contributed by atoms with van der Waals surface area (Å²) in [5.74, 6) is 1.21. The summed E-state index contributed by atoms with van der Waals surface area (Å²) in [5, 5.41) is 8.19. The summed E-state index contributed by atoms with van der Waals surface area (Å²) in [6, 6.07) is 2.25. The van der Waals surface area contributed by atoms with E-state index < -0.39 is 0 Å². The topological polar surface area (TPSA) is 52.0 Å². The van der Waals surface area contributed by atoms with Crippen LogP contribution in [0, 0.1) is 0 Å². The minimum atomic E-state index is 0.394. The third kappa shape index (κ3) is 4.72. The van der Waals surface area contributed by atoms with E-state index in [0.29, 0.717) is 29.2 Å². The summed E-state index contributed by atoms with van der Waals surface area (Å²) in [6.45, 7) is 7.85. The first-order valence-electron chi connectivity index (χ1n) is 7.16. The Labute approximate surface area is 130 Å². The summed E-state index contributed by atoms with van der Waals surface area (Å²) < 4.78 is 7.58. The van der Waals surface area contributed by atoms with Crippen molar-refractivity contribution >= 4 is 11.6 Å². The van der Waals surface area contributed by atoms with Crippen LogP contribution in [-0.2, 0) is 13.1 Å². The van der Waals surface area contributed by atoms with E-state index in [1.54, 1.807) is 12.4 Å². The largest absolute Gasteiger partial charge is 0.436 e. The van der Waals surface area contributed by atoms with Crippen LogP contribution < -0.4 is 10.1 Å². The zero-order valence-corrected chi connectivity index (χ0v) is 13.4. The van der Waals surface area contributed by atoms with E-state index in [9.17, 15) is 0 Å². The van der Waals surface area contributed by atoms with Crippen molar-refractivity contribution in [1.29, 1.82) is 0 Å². The van der Waals surface area contributed by atoms with Crippen molar-refractivity contribution in [2.24, 2.45) is 0 Å². The standard InChI is InChI=1S/C15H21ClN4O/c1-4-5-20-10-13(8-19-20)21-15-6-12(7-17-11(2)3)14(16)9-18-15/h6,8-11,17H,4-5,7H2,1-3H3. The Morgan fingerprint density at radius 3 is 2.90 bits per heavy atom. The Kier molecular flexibility index (Phi) is 5.59. The summed E-state index contributed by atoms with van der Waals surface area (Å²) in [4.78, 5) is 4.20. The number of hydrogen-bond acceptors (Lipinski definition) is 4. The van der Waals surface area contributed by atoms with E-state index in [1.807, 2.05) is 16.9 Å². The van der Waals surface area contributed by atoms with Crippen LogP contribution in [0.3, 0.4) is 0 Å². The first kappa shape index (κ1) is 15.8. The number of rotatable bonds is 7. The van der Waals surface area contributed by atoms with Gasteiger partial charge in [-0.3, -0.25) is 4.68 Å². The van der Waals surface area contributed by atoms with Crippen LogP contribution in [0.5, 0.6) is 11.6 Å². The van der Waals surface area contributed by atoms with Crippen LogP contribution >= 0.6 is 11.6 Å². The predicted molar refractivity (Wildman–Crippen MR) is 83.8 cm³/mol. The van der Waals surface area contributed by atoms with Crippen LogP contribution in [0.25, 0.3) is 0 Å². The molecule has 0 atom stereocenters. The zero-order valence-electron chi connectivity index (χ0n) is 12.6. The quantitative estimate of drug-likeness (QED) is 0.848. The molecule has 0 amide bonds. The van der Waals surface area contributed by atoms with Crippen molar-refractivity contribution in [3.05, 3.63) is 35.2 Å². The van der Waals surface area contributed by atoms with E-state index in [0.717, 1.165) is 18.5 Å². The van der Waals surface area contributed by atoms with E-state index in [2.05, 4.69) is 36.2 Å². The second-order valence-electron chi connectivity index (χ2n) is 5.19. The van der Waals surface area contributed by atoms with Gasteiger partial charge in [0, 0.05) is 31.4 Å². The maximum Gasteiger partial charge on any atom is 0.219 e. The van der Waals surface area contributed by atoms with Gasteiger partial charge in [-0.25, -0.2) is 4.98 Å². The molecule has 21 heavy (non-hydrogen) atoms. The molecule has 0 radical (unpaired) electrons. The number of pyridine rings is 1. The lowest BCUT2D eigenvalue weighted by Gasteiger charge is -2.10. The minimum Gasteiger partial charge on any atom is -0.436 e. The Morgan fingerprint density at radius 2 is 2.19 bits per heavy atom. The number of aromatic nitrogens is 3. The van der Waals surface area contributed by atoms with Crippen molar-refractivity contribution in [2.45, 2.75) is 46.3 Å². The van der Waals surface area contributed by atoms with Gasteiger partial charge in [-0.1, -0.05) is 32.4 Å². The molecule has 2 aromatic rings. The Morgan fingerprint density at radius 1 is 1.38 bits per heavy atom. The zero-order chi connectivity index (χ0) is 15.2. The van der Waals surface area contributed by atoms with Gasteiger partial charge in [0.25, 0.3) is 0 Å². The van der Waals surface area contributed by atoms with Gasteiger partial charge in [-0.2, -0.15) is 5.10 Å². The number of hydrogen-bond donors (Lipinski definition) is 1. The fourth-order valence-corrected chi connectivity index (χ4v) is 2.00. The number of nitrogens with zero attached hydrogens (tertiary/aromatic N) is 3. The van der Waals surface area contributed by atoms with Crippen LogP contribution in [0.1, 0.15) is 32.8 Å². The molecule has 0 saturated heterocycles. The summed E-state index contributed by atoms with van der Waals surface area (Å²) in [5.41, 5.74) is 0.969. The predicted octanol–water partition coefficient (Wildman–Crippen LogP) is 3.63. The van der Waals surface area contributed by atoms with E-state index >= 15 is 0 Å². The molecule has 0 bridgehead atoms. The van der Waals surface area contributed by atoms with Crippen LogP contribution in [-0.4, -0.2) is 20.8 Å². The van der Waals surface area contributed by atoms with Crippen molar-refractivity contribution in [1.82, 2.24) is 20.1 Å². The highest BCUT2D eigenvalue weighted by Gasteiger charge is 2.07. The van der Waals surface area contributed by atoms with Crippen LogP contribution in [0.4, 0.5) is 0 Å². The fraction of sp³-hybridized carbons (Fsp3) is 0.467. The minimum absolute atomic E-state index is 0.394. The first-order valence-corrected chi connectivity index (χ1v) is 7.54. The molecule has 0 aliphatic carbocycles. The molecule has 0 saturated carbocycles. The third-order valence-corrected chi connectivity index (χ3v) is 3.24. The fourth-order valence-electron chi connectivity index (χ4n) is 1.83. The summed E-state index contributed by atoms with van der Waals surface area (Å²) in [6.07, 6.45) is 6.21. The SMILES string of the molecule is CCCn1cc(Oc2cc(CNC(C)C)c(Cl)cn2)cn1. The molecule has 114 valence electrons. The number of ether oxygens (including phenoxy) is 1. The molecule has 2 aromatic heterocycles. The highest BCUT2D eigenvalue weighted by atomic mass is 35.5. The molecule has 0 aliphatic heterocycles. The number of halogens is 1. The van der Waals surface area contributed by atoms with Gasteiger partial charge in [0.2, 0.25) is 5.88 Å². The highest BCUT2D eigenvalue weighted by Crippen LogP contribution is 2.23. The lowest BCUT2D eigenvalue weighted by molar-refractivity contribution is 0.459. The van der Waals surface area contributed by atoms with Gasteiger partial charge >= 0.3 is 0 Å². The van der Waals surface area contributed by atoms with Gasteiger partial charge in [-0.15, -0.1) is 0 Å². The monoisotopic (exact) mass is 308 g/mol. The number of nitrogens with one attached hydrogen (secondary N) is 1. The van der Waals surface area contributed by atoms with Gasteiger partial charge in [-0.05, 0) is 12.0 Å². The molecule has 0 spiro atoms. The van der Waals surface area contributed by atoms with Crippen molar-refractivity contribution in [3.63, 3.8) is 0 Å². The number of aryl methyl sites for hydroxylation is 1. The molecule has 0 aromatic carbocycles. The maximum atomic E-state index is 6.15. The maximum absolute atomic E-state index is 6.15. The molecule has 1 N–H and O–H groups in total. The van der Waals surface area contributed by atoms with Crippen LogP contribution in [0.15, 0.2) is 24.7 Å². The second kappa shape index (κ2) is 7.43. The lowest BCUT2D eigenvalue weighted by atomic mass is 10.2. The van der Waals surface area contributed by atoms with Gasteiger partial charge in [0.1, 0.15) is 0 Å². The average Bonchev–Trinajstić information content (AvgIpc) is 2.87. The van der Waals surface area contributed by atoms with Gasteiger partial charge < -0.3 is 10.1 Å². The lowest BCUT2D eigenvalue weighted by Crippen LogP contribution is -2.22. The molecule has 2 heterocycles. The van der Waals surface area contributed by atoms with E-state index in [4.69, 9.17) is 16.3 Å². The first-order chi connectivity index (χ1) is 10.1. The molecular formula is C15H21ClN4O. The molecule has 0 aliphatic rings. The molecule has 0 unspecified atom stereocenters. The summed E-state index contributed by atoms with van der Waals surface area (Å²) >= 11 is 6.15. The van der Waals surface area contributed by atoms with Gasteiger partial charge in [0.05, 0.1) is 17.4 Å². The molecular weight excluding hydrogens is 288 g/mol. The molecule has 6 heteroatoms. The second-order valence-corrected chi connectivity index (χ2v) is 5.60. The Balaban J connectivity index is 2.07. The van der Waals surface area contributed by atoms with Crippen molar-refractivity contribution in [2.75, 3.05) is 0 Å². The molecule has 2 rings (SSSR count). The van der Waals surface area contributed by atoms with Crippen LogP contribution in [0.2, 0.25) is 5.02 Å². The van der Waals surface area contributed by atoms with E-state index in [-0.39, 0.29) is 0 Å². The molecule has 0 fully saturated rings. The molecule has 5 nitrogen and oxygen atoms in total. The Bertz CT molecular complexity index is 583. The Hall–Kier alpha value is -1.59. The van der Waals surface area contributed by atoms with Crippen molar-refractivity contribution in [3.8, 4) is 11.6 Å². The third-order valence-electron chi connectivity index (χ3n) is 2.90. The highest BCUT2D eigenvalue weighted by molar-refractivity contribution is 6.31. The van der Waals surface area contributed by atoms with E-state index in [1.165, 1.54) is 0 Å². The normalized spacial score (nSPS) is 11.1. The summed E-state index contributed by atoms with van der Waals surface area (Å²) in [7, 11) is 0. The smallest absolute Gasteiger partial charge is 0.219 e. The average molecular weight is 309 g/mol. The van der Waals surface area contributed by atoms with Crippen molar-refractivity contribution < 1.29 is 4.74 Å².